The Morgan fingerprint density at radius 1 is 1.00 bits per heavy atom. The number of unbranched alkanes of at least 4 members (excludes halogenated alkanes) is 6. The van der Waals surface area contributed by atoms with Crippen LogP contribution < -0.4 is 11.3 Å². The maximum Gasteiger partial charge on any atom is 0.159 e. The Balaban J connectivity index is 2.23. The number of hydrazine groups is 1. The molecule has 1 rings (SSSR count). The molecule has 2 nitrogen and oxygen atoms in total. The summed E-state index contributed by atoms with van der Waals surface area (Å²) in [6.07, 6.45) is 10.4. The largest absolute Gasteiger partial charge is 0.271 e. The summed E-state index contributed by atoms with van der Waals surface area (Å²) in [5, 5.41) is 0. The van der Waals surface area contributed by atoms with Crippen LogP contribution in [0.1, 0.15) is 63.9 Å². The van der Waals surface area contributed by atoms with E-state index in [4.69, 9.17) is 5.84 Å². The van der Waals surface area contributed by atoms with E-state index >= 15 is 0 Å². The molecule has 0 spiro atoms. The van der Waals surface area contributed by atoms with Crippen LogP contribution in [0.3, 0.4) is 0 Å². The summed E-state index contributed by atoms with van der Waals surface area (Å²) in [6.45, 7) is 2.22. The van der Waals surface area contributed by atoms with Crippen molar-refractivity contribution in [1.82, 2.24) is 5.43 Å². The minimum absolute atomic E-state index is 0.116. The van der Waals surface area contributed by atoms with Gasteiger partial charge in [-0.05, 0) is 30.5 Å². The summed E-state index contributed by atoms with van der Waals surface area (Å²) in [7, 11) is 0. The number of rotatable bonds is 11. The van der Waals surface area contributed by atoms with Crippen LogP contribution in [0.4, 0.5) is 8.78 Å². The highest BCUT2D eigenvalue weighted by Gasteiger charge is 2.09. The van der Waals surface area contributed by atoms with E-state index in [0.717, 1.165) is 18.4 Å². The van der Waals surface area contributed by atoms with Gasteiger partial charge in [0.1, 0.15) is 0 Å². The lowest BCUT2D eigenvalue weighted by Gasteiger charge is -2.16. The third-order valence-corrected chi connectivity index (χ3v) is 3.86. The van der Waals surface area contributed by atoms with Gasteiger partial charge in [0.15, 0.2) is 11.6 Å². The van der Waals surface area contributed by atoms with E-state index in [1.165, 1.54) is 50.7 Å². The molecule has 0 saturated carbocycles. The van der Waals surface area contributed by atoms with Crippen molar-refractivity contribution in [2.24, 2.45) is 5.84 Å². The number of nitrogens with two attached hydrogens (primary N) is 1. The zero-order valence-corrected chi connectivity index (χ0v) is 13.0. The van der Waals surface area contributed by atoms with Crippen LogP contribution in [0, 0.1) is 11.6 Å². The van der Waals surface area contributed by atoms with Crippen molar-refractivity contribution in [3.63, 3.8) is 0 Å². The molecule has 0 radical (unpaired) electrons. The average molecular weight is 298 g/mol. The molecular formula is C17H28F2N2. The molecule has 1 aromatic carbocycles. The van der Waals surface area contributed by atoms with Crippen LogP contribution in [0.25, 0.3) is 0 Å². The lowest BCUT2D eigenvalue weighted by atomic mass is 10.00. The van der Waals surface area contributed by atoms with Crippen molar-refractivity contribution in [1.29, 1.82) is 0 Å². The van der Waals surface area contributed by atoms with E-state index < -0.39 is 11.6 Å². The zero-order valence-electron chi connectivity index (χ0n) is 13.0. The summed E-state index contributed by atoms with van der Waals surface area (Å²) in [5.41, 5.74) is 3.56. The van der Waals surface area contributed by atoms with Crippen LogP contribution in [0.5, 0.6) is 0 Å². The second kappa shape index (κ2) is 10.7. The highest BCUT2D eigenvalue weighted by molar-refractivity contribution is 5.18. The van der Waals surface area contributed by atoms with Crippen molar-refractivity contribution in [3.05, 3.63) is 35.4 Å². The molecule has 0 aromatic heterocycles. The normalized spacial score (nSPS) is 12.6. The molecule has 0 bridgehead atoms. The molecule has 1 aromatic rings. The predicted molar refractivity (Wildman–Crippen MR) is 83.8 cm³/mol. The van der Waals surface area contributed by atoms with Gasteiger partial charge in [0.2, 0.25) is 0 Å². The molecule has 1 unspecified atom stereocenters. The molecule has 1 atom stereocenters. The summed E-state index contributed by atoms with van der Waals surface area (Å²) in [4.78, 5) is 0. The van der Waals surface area contributed by atoms with E-state index in [1.807, 2.05) is 0 Å². The van der Waals surface area contributed by atoms with Crippen LogP contribution in [-0.2, 0) is 6.42 Å². The van der Waals surface area contributed by atoms with Gasteiger partial charge in [0.05, 0.1) is 0 Å². The van der Waals surface area contributed by atoms with E-state index in [-0.39, 0.29) is 6.04 Å². The van der Waals surface area contributed by atoms with Crippen molar-refractivity contribution in [3.8, 4) is 0 Å². The fourth-order valence-corrected chi connectivity index (χ4v) is 2.54. The first-order valence-electron chi connectivity index (χ1n) is 8.07. The molecule has 3 N–H and O–H groups in total. The maximum absolute atomic E-state index is 13.2. The van der Waals surface area contributed by atoms with E-state index in [0.29, 0.717) is 6.42 Å². The Hall–Kier alpha value is -1.00. The van der Waals surface area contributed by atoms with Crippen LogP contribution in [-0.4, -0.2) is 6.04 Å². The van der Waals surface area contributed by atoms with Gasteiger partial charge in [-0.15, -0.1) is 0 Å². The van der Waals surface area contributed by atoms with E-state index in [2.05, 4.69) is 12.3 Å². The topological polar surface area (TPSA) is 38.0 Å². The van der Waals surface area contributed by atoms with E-state index in [1.54, 1.807) is 6.07 Å². The summed E-state index contributed by atoms with van der Waals surface area (Å²) >= 11 is 0. The first kappa shape index (κ1) is 18.1. The fraction of sp³-hybridized carbons (Fsp3) is 0.647. The number of hydrogen-bond acceptors (Lipinski definition) is 2. The van der Waals surface area contributed by atoms with Crippen molar-refractivity contribution in [2.45, 2.75) is 70.8 Å². The Kier molecular flexibility index (Phi) is 9.19. The first-order chi connectivity index (χ1) is 10.2. The second-order valence-corrected chi connectivity index (χ2v) is 5.73. The first-order valence-corrected chi connectivity index (χ1v) is 8.07. The molecule has 120 valence electrons. The smallest absolute Gasteiger partial charge is 0.159 e. The van der Waals surface area contributed by atoms with Crippen LogP contribution in [0.15, 0.2) is 18.2 Å². The summed E-state index contributed by atoms with van der Waals surface area (Å²) in [5.74, 6) is 3.96. The van der Waals surface area contributed by atoms with E-state index in [9.17, 15) is 8.78 Å². The third kappa shape index (κ3) is 7.53. The predicted octanol–water partition coefficient (Wildman–Crippen LogP) is 4.48. The van der Waals surface area contributed by atoms with Gasteiger partial charge in [-0.3, -0.25) is 11.3 Å². The molecule has 0 aliphatic heterocycles. The number of benzene rings is 1. The minimum Gasteiger partial charge on any atom is -0.271 e. The molecule has 0 aliphatic carbocycles. The van der Waals surface area contributed by atoms with Crippen LogP contribution >= 0.6 is 0 Å². The van der Waals surface area contributed by atoms with Crippen molar-refractivity contribution < 1.29 is 8.78 Å². The van der Waals surface area contributed by atoms with Gasteiger partial charge in [-0.2, -0.15) is 0 Å². The number of nitrogens with one attached hydrogen (secondary N) is 1. The molecule has 21 heavy (non-hydrogen) atoms. The zero-order chi connectivity index (χ0) is 15.5. The standard InChI is InChI=1S/C17H28F2N2/c1-2-3-4-5-6-7-8-9-15(21-20)12-14-10-11-16(18)17(19)13-14/h10-11,13,15,21H,2-9,12,20H2,1H3. The van der Waals surface area contributed by atoms with Crippen molar-refractivity contribution >= 4 is 0 Å². The Labute approximate surface area is 127 Å². The highest BCUT2D eigenvalue weighted by atomic mass is 19.2. The molecule has 0 fully saturated rings. The van der Waals surface area contributed by atoms with Gasteiger partial charge in [0, 0.05) is 6.04 Å². The molecule has 4 heteroatoms. The number of hydrogen-bond donors (Lipinski definition) is 2. The lowest BCUT2D eigenvalue weighted by Crippen LogP contribution is -2.36. The van der Waals surface area contributed by atoms with Crippen LogP contribution in [0.2, 0.25) is 0 Å². The fourth-order valence-electron chi connectivity index (χ4n) is 2.54. The monoisotopic (exact) mass is 298 g/mol. The van der Waals surface area contributed by atoms with Gasteiger partial charge >= 0.3 is 0 Å². The molecule has 0 saturated heterocycles. The second-order valence-electron chi connectivity index (χ2n) is 5.73. The maximum atomic E-state index is 13.2. The summed E-state index contributed by atoms with van der Waals surface area (Å²) in [6, 6.07) is 4.16. The Bertz CT molecular complexity index is 396. The summed E-state index contributed by atoms with van der Waals surface area (Å²) < 4.78 is 26.0. The van der Waals surface area contributed by atoms with Gasteiger partial charge in [-0.25, -0.2) is 8.78 Å². The highest BCUT2D eigenvalue weighted by Crippen LogP contribution is 2.14. The SMILES string of the molecule is CCCCCCCCCC(Cc1ccc(F)c(F)c1)NN. The molecule has 0 amide bonds. The Morgan fingerprint density at radius 3 is 2.29 bits per heavy atom. The van der Waals surface area contributed by atoms with Gasteiger partial charge < -0.3 is 0 Å². The molecule has 0 heterocycles. The van der Waals surface area contributed by atoms with Gasteiger partial charge in [0.25, 0.3) is 0 Å². The van der Waals surface area contributed by atoms with Crippen molar-refractivity contribution in [2.75, 3.05) is 0 Å². The molecular weight excluding hydrogens is 270 g/mol. The number of halogens is 2. The third-order valence-electron chi connectivity index (χ3n) is 3.86. The van der Waals surface area contributed by atoms with Gasteiger partial charge in [-0.1, -0.05) is 57.9 Å². The minimum atomic E-state index is -0.803. The average Bonchev–Trinajstić information content (AvgIpc) is 2.48. The Morgan fingerprint density at radius 2 is 1.67 bits per heavy atom. The molecule has 0 aliphatic rings. The lowest BCUT2D eigenvalue weighted by molar-refractivity contribution is 0.456. The quantitative estimate of drug-likeness (QED) is 0.359.